The van der Waals surface area contributed by atoms with Crippen molar-refractivity contribution in [3.63, 3.8) is 0 Å². The van der Waals surface area contributed by atoms with Gasteiger partial charge in [-0.15, -0.1) is 6.58 Å². The van der Waals surface area contributed by atoms with Crippen molar-refractivity contribution in [3.8, 4) is 17.5 Å². The Kier molecular flexibility index (Phi) is 8.49. The van der Waals surface area contributed by atoms with E-state index >= 15 is 0 Å². The third-order valence-electron chi connectivity index (χ3n) is 5.95. The first-order valence-electron chi connectivity index (χ1n) is 13.4. The van der Waals surface area contributed by atoms with E-state index in [1.54, 1.807) is 65.3 Å². The first-order chi connectivity index (χ1) is 19.6. The smallest absolute Gasteiger partial charge is 0.332 e. The van der Waals surface area contributed by atoms with Gasteiger partial charge in [0.2, 0.25) is 0 Å². The van der Waals surface area contributed by atoms with Crippen LogP contribution in [0.1, 0.15) is 27.6 Å². The Balaban J connectivity index is 1.92. The minimum Gasteiger partial charge on any atom is -0.489 e. The second kappa shape index (κ2) is 13.1. The van der Waals surface area contributed by atoms with Crippen LogP contribution in [0.25, 0.3) is 11.2 Å². The summed E-state index contributed by atoms with van der Waals surface area (Å²) in [6.45, 7) is 5.19. The van der Waals surface area contributed by atoms with Crippen LogP contribution >= 0.6 is 11.6 Å². The van der Waals surface area contributed by atoms with Crippen molar-refractivity contribution in [2.45, 2.75) is 38.9 Å². The number of aryl methyl sites for hydroxylation is 1. The lowest BCUT2D eigenvalue weighted by Gasteiger charge is -2.13. The van der Waals surface area contributed by atoms with E-state index in [-0.39, 0.29) is 36.8 Å². The van der Waals surface area contributed by atoms with Crippen LogP contribution in [0.5, 0.6) is 17.5 Å². The molecule has 0 radical (unpaired) electrons. The van der Waals surface area contributed by atoms with Crippen LogP contribution in [-0.4, -0.2) is 37.0 Å². The van der Waals surface area contributed by atoms with Gasteiger partial charge in [0.05, 0.1) is 9.29 Å². The molecule has 10 heteroatoms. The maximum atomic E-state index is 13.8. The summed E-state index contributed by atoms with van der Waals surface area (Å²) >= 11 is 6.08. The Hall–Kier alpha value is -4.08. The minimum absolute atomic E-state index is 0.0695. The zero-order valence-corrected chi connectivity index (χ0v) is 22.1. The zero-order chi connectivity index (χ0) is 29.6. The summed E-state index contributed by atoms with van der Waals surface area (Å²) < 4.78 is 30.7. The molecule has 2 aromatic carbocycles. The van der Waals surface area contributed by atoms with Crippen LogP contribution in [-0.2, 0) is 19.6 Å². The number of benzene rings is 2. The van der Waals surface area contributed by atoms with E-state index < -0.39 is 24.2 Å². The number of aliphatic hydroxyl groups is 1. The Morgan fingerprint density at radius 3 is 2.46 bits per heavy atom. The second-order valence-corrected chi connectivity index (χ2v) is 9.12. The number of hydrogen-bond donors (Lipinski definition) is 1. The van der Waals surface area contributed by atoms with Crippen LogP contribution in [0.3, 0.4) is 0 Å². The van der Waals surface area contributed by atoms with Crippen molar-refractivity contribution in [2.75, 3.05) is 13.2 Å². The van der Waals surface area contributed by atoms with Crippen molar-refractivity contribution in [3.05, 3.63) is 105 Å². The number of fused-ring (bicyclic) bond motifs is 1. The summed E-state index contributed by atoms with van der Waals surface area (Å²) in [5, 5.41) is 10.2. The van der Waals surface area contributed by atoms with Crippen molar-refractivity contribution >= 4 is 22.8 Å². The van der Waals surface area contributed by atoms with E-state index in [1.807, 2.05) is 0 Å². The van der Waals surface area contributed by atoms with Gasteiger partial charge in [-0.05, 0) is 49.1 Å². The maximum absolute atomic E-state index is 13.8. The van der Waals surface area contributed by atoms with Crippen LogP contribution in [0, 0.1) is 0 Å². The molecule has 0 aliphatic rings. The Labute approximate surface area is 233 Å². The molecule has 4 rings (SSSR count). The van der Waals surface area contributed by atoms with E-state index in [2.05, 4.69) is 18.1 Å². The molecule has 204 valence electrons. The molecule has 2 heterocycles. The molecule has 0 atom stereocenters. The number of ether oxygens (including phenoxy) is 2. The molecule has 39 heavy (non-hydrogen) atoms. The highest BCUT2D eigenvalue weighted by Gasteiger charge is 2.23. The molecule has 0 unspecified atom stereocenters. The van der Waals surface area contributed by atoms with Crippen LogP contribution in [0.15, 0.2) is 83.4 Å². The fourth-order valence-electron chi connectivity index (χ4n) is 4.11. The fraction of sp³-hybridized carbons (Fsp3) is 0.276. The highest BCUT2D eigenvalue weighted by Crippen LogP contribution is 2.28. The number of hydrogen-bond acceptors (Lipinski definition) is 6. The largest absolute Gasteiger partial charge is 0.489 e. The van der Waals surface area contributed by atoms with E-state index in [1.165, 1.54) is 4.57 Å². The van der Waals surface area contributed by atoms with Gasteiger partial charge in [0.25, 0.3) is 5.56 Å². The highest BCUT2D eigenvalue weighted by molar-refractivity contribution is 6.30. The Bertz CT molecular complexity index is 1660. The van der Waals surface area contributed by atoms with E-state index in [0.717, 1.165) is 10.1 Å². The fourth-order valence-corrected chi connectivity index (χ4v) is 4.24. The van der Waals surface area contributed by atoms with Gasteiger partial charge in [-0.2, -0.15) is 4.98 Å². The summed E-state index contributed by atoms with van der Waals surface area (Å²) in [6, 6.07) is 14.0. The summed E-state index contributed by atoms with van der Waals surface area (Å²) in [7, 11) is 0. The molecular weight excluding hydrogens is 520 g/mol. The zero-order valence-electron chi connectivity index (χ0n) is 23.4. The molecule has 2 aromatic heterocycles. The first kappa shape index (κ1) is 25.2. The molecule has 4 aromatic rings. The van der Waals surface area contributed by atoms with Crippen molar-refractivity contribution < 1.29 is 17.3 Å². The Morgan fingerprint density at radius 2 is 1.74 bits per heavy atom. The van der Waals surface area contributed by atoms with Gasteiger partial charge in [0.1, 0.15) is 18.1 Å². The molecule has 0 amide bonds. The number of halogens is 1. The topological polar surface area (TPSA) is 101 Å². The van der Waals surface area contributed by atoms with Gasteiger partial charge in [0.15, 0.2) is 11.2 Å². The number of aromatic nitrogens is 4. The quantitative estimate of drug-likeness (QED) is 0.179. The Morgan fingerprint density at radius 1 is 1.00 bits per heavy atom. The minimum atomic E-state index is -2.56. The molecule has 0 saturated carbocycles. The molecule has 0 bridgehead atoms. The number of allylic oxidation sites excluding steroid dienone is 1. The molecule has 1 N–H and O–H groups in total. The lowest BCUT2D eigenvalue weighted by atomic mass is 10.2. The average Bonchev–Trinajstić information content (AvgIpc) is 3.27. The predicted molar refractivity (Wildman–Crippen MR) is 152 cm³/mol. The van der Waals surface area contributed by atoms with E-state index in [4.69, 9.17) is 23.8 Å². The second-order valence-electron chi connectivity index (χ2n) is 8.69. The lowest BCUT2D eigenvalue weighted by molar-refractivity contribution is 0.277. The van der Waals surface area contributed by atoms with Gasteiger partial charge in [-0.25, -0.2) is 4.79 Å². The SMILES string of the molecule is [2H]C([2H])(O)CCn1c(=O)c2c(nc(Oc3cccc(OCC=C)c3)n2Cc2ccc(Cl)cc2)n(CCCC=C)c1=O. The van der Waals surface area contributed by atoms with Crippen molar-refractivity contribution in [2.24, 2.45) is 0 Å². The van der Waals surface area contributed by atoms with Gasteiger partial charge in [0, 0.05) is 30.7 Å². The maximum Gasteiger partial charge on any atom is 0.332 e. The van der Waals surface area contributed by atoms with Crippen LogP contribution in [0.4, 0.5) is 0 Å². The third kappa shape index (κ3) is 6.50. The van der Waals surface area contributed by atoms with Gasteiger partial charge in [-0.1, -0.05) is 48.5 Å². The molecule has 9 nitrogen and oxygen atoms in total. The highest BCUT2D eigenvalue weighted by atomic mass is 35.5. The molecular formula is C29H31ClN4O5. The molecule has 0 spiro atoms. The molecule has 0 aliphatic carbocycles. The predicted octanol–water partition coefficient (Wildman–Crippen LogP) is 4.77. The van der Waals surface area contributed by atoms with Gasteiger partial charge < -0.3 is 14.6 Å². The standard InChI is InChI=1S/C29H31ClN4O5/c1-3-5-6-15-32-26-25(27(36)33(29(32)37)16-8-17-35)34(20-21-11-13-22(30)14-12-21)28(31-26)39-24-10-7-9-23(19-24)38-18-4-2/h3-4,7,9-14,19,35H,1-2,5-6,8,15-18,20H2/i17D2. The van der Waals surface area contributed by atoms with Crippen molar-refractivity contribution in [1.82, 2.24) is 18.7 Å². The van der Waals surface area contributed by atoms with Crippen molar-refractivity contribution in [1.29, 1.82) is 0 Å². The summed E-state index contributed by atoms with van der Waals surface area (Å²) in [6.07, 6.45) is 4.08. The number of unbranched alkanes of at least 4 members (excludes halogenated alkanes) is 1. The van der Waals surface area contributed by atoms with Gasteiger partial charge >= 0.3 is 11.7 Å². The number of nitrogens with zero attached hydrogens (tertiary/aromatic N) is 4. The summed E-state index contributed by atoms with van der Waals surface area (Å²) in [5.74, 6) is 0.943. The molecule has 0 fully saturated rings. The van der Waals surface area contributed by atoms with E-state index in [9.17, 15) is 14.7 Å². The number of rotatable bonds is 14. The third-order valence-corrected chi connectivity index (χ3v) is 6.20. The normalized spacial score (nSPS) is 12.2. The van der Waals surface area contributed by atoms with Crippen LogP contribution < -0.4 is 20.7 Å². The monoisotopic (exact) mass is 552 g/mol. The average molecular weight is 553 g/mol. The molecule has 0 aliphatic heterocycles. The van der Waals surface area contributed by atoms with E-state index in [0.29, 0.717) is 36.0 Å². The number of imidazole rings is 1. The summed E-state index contributed by atoms with van der Waals surface area (Å²) in [4.78, 5) is 31.9. The summed E-state index contributed by atoms with van der Waals surface area (Å²) in [5.41, 5.74) is -0.295. The van der Waals surface area contributed by atoms with Gasteiger partial charge in [-0.3, -0.25) is 18.5 Å². The first-order valence-corrected chi connectivity index (χ1v) is 12.8. The lowest BCUT2D eigenvalue weighted by Crippen LogP contribution is -2.41. The van der Waals surface area contributed by atoms with Crippen LogP contribution in [0.2, 0.25) is 5.02 Å². The molecule has 0 saturated heterocycles.